The number of aromatic nitrogens is 1. The zero-order valence-electron chi connectivity index (χ0n) is 11.6. The molecule has 1 aliphatic carbocycles. The van der Waals surface area contributed by atoms with E-state index >= 15 is 0 Å². The summed E-state index contributed by atoms with van der Waals surface area (Å²) in [7, 11) is 0. The van der Waals surface area contributed by atoms with E-state index in [-0.39, 0.29) is 0 Å². The van der Waals surface area contributed by atoms with Crippen LogP contribution in [0.4, 0.5) is 0 Å². The quantitative estimate of drug-likeness (QED) is 0.872. The smallest absolute Gasteiger partial charge is 0.138 e. The van der Waals surface area contributed by atoms with Crippen molar-refractivity contribution in [2.75, 3.05) is 0 Å². The van der Waals surface area contributed by atoms with Gasteiger partial charge in [-0.2, -0.15) is 0 Å². The molecule has 96 valence electrons. The summed E-state index contributed by atoms with van der Waals surface area (Å²) >= 11 is 0. The van der Waals surface area contributed by atoms with Gasteiger partial charge in [0.1, 0.15) is 5.76 Å². The van der Waals surface area contributed by atoms with Gasteiger partial charge in [-0.05, 0) is 39.0 Å². The molecule has 1 N–H and O–H groups in total. The van der Waals surface area contributed by atoms with Gasteiger partial charge in [-0.15, -0.1) is 0 Å². The fourth-order valence-corrected chi connectivity index (χ4v) is 3.13. The first kappa shape index (κ1) is 12.6. The van der Waals surface area contributed by atoms with Crippen LogP contribution in [0.2, 0.25) is 0 Å². The summed E-state index contributed by atoms with van der Waals surface area (Å²) in [6.07, 6.45) is 3.93. The van der Waals surface area contributed by atoms with E-state index in [0.717, 1.165) is 11.5 Å². The normalized spacial score (nSPS) is 25.1. The van der Waals surface area contributed by atoms with Gasteiger partial charge >= 0.3 is 0 Å². The summed E-state index contributed by atoms with van der Waals surface area (Å²) in [6.45, 7) is 10.9. The fourth-order valence-electron chi connectivity index (χ4n) is 3.13. The molecule has 2 unspecified atom stereocenters. The Morgan fingerprint density at radius 1 is 1.41 bits per heavy atom. The molecule has 0 aliphatic heterocycles. The lowest BCUT2D eigenvalue weighted by atomic mass is 9.86. The monoisotopic (exact) mass is 236 g/mol. The van der Waals surface area contributed by atoms with E-state index in [1.165, 1.54) is 24.8 Å². The van der Waals surface area contributed by atoms with Crippen LogP contribution in [0.3, 0.4) is 0 Å². The molecule has 0 aromatic carbocycles. The lowest BCUT2D eigenvalue weighted by Gasteiger charge is -2.30. The summed E-state index contributed by atoms with van der Waals surface area (Å²) in [5.41, 5.74) is 2.65. The molecule has 1 saturated carbocycles. The van der Waals surface area contributed by atoms with Crippen LogP contribution in [0.1, 0.15) is 63.1 Å². The molecule has 1 heterocycles. The maximum atomic E-state index is 5.24. The van der Waals surface area contributed by atoms with Crippen LogP contribution in [-0.2, 0) is 0 Å². The highest BCUT2D eigenvalue weighted by Gasteiger charge is 2.35. The van der Waals surface area contributed by atoms with Crippen LogP contribution < -0.4 is 5.32 Å². The van der Waals surface area contributed by atoms with Gasteiger partial charge < -0.3 is 9.84 Å². The number of nitrogens with one attached hydrogen (secondary N) is 1. The summed E-state index contributed by atoms with van der Waals surface area (Å²) in [5, 5.41) is 7.79. The SMILES string of the molecule is Cc1noc(C)c1C(C)NC1CCCC1(C)C. The minimum atomic E-state index is 0.323. The van der Waals surface area contributed by atoms with Gasteiger partial charge in [0.05, 0.1) is 5.69 Å². The summed E-state index contributed by atoms with van der Waals surface area (Å²) in [5.74, 6) is 0.943. The molecular weight excluding hydrogens is 212 g/mol. The highest BCUT2D eigenvalue weighted by molar-refractivity contribution is 5.24. The second-order valence-electron chi connectivity index (χ2n) is 6.06. The molecule has 0 saturated heterocycles. The topological polar surface area (TPSA) is 38.1 Å². The van der Waals surface area contributed by atoms with Crippen molar-refractivity contribution in [1.29, 1.82) is 0 Å². The highest BCUT2D eigenvalue weighted by Crippen LogP contribution is 2.38. The standard InChI is InChI=1S/C14H24N2O/c1-9(13-10(2)16-17-11(13)3)15-12-7-6-8-14(12,4)5/h9,12,15H,6-8H2,1-5H3. The Morgan fingerprint density at radius 2 is 2.12 bits per heavy atom. The molecule has 1 aromatic heterocycles. The van der Waals surface area contributed by atoms with Gasteiger partial charge in [0.25, 0.3) is 0 Å². The third kappa shape index (κ3) is 2.39. The summed E-state index contributed by atoms with van der Waals surface area (Å²) in [4.78, 5) is 0. The van der Waals surface area contributed by atoms with Gasteiger partial charge in [0, 0.05) is 17.6 Å². The van der Waals surface area contributed by atoms with Gasteiger partial charge in [0.15, 0.2) is 0 Å². The van der Waals surface area contributed by atoms with Crippen molar-refractivity contribution in [2.24, 2.45) is 5.41 Å². The number of nitrogens with zero attached hydrogens (tertiary/aromatic N) is 1. The molecule has 3 nitrogen and oxygen atoms in total. The van der Waals surface area contributed by atoms with Crippen molar-refractivity contribution in [3.63, 3.8) is 0 Å². The van der Waals surface area contributed by atoms with E-state index in [0.29, 0.717) is 17.5 Å². The van der Waals surface area contributed by atoms with Crippen LogP contribution >= 0.6 is 0 Å². The van der Waals surface area contributed by atoms with Gasteiger partial charge in [0.2, 0.25) is 0 Å². The Morgan fingerprint density at radius 3 is 2.59 bits per heavy atom. The third-order valence-electron chi connectivity index (χ3n) is 4.23. The van der Waals surface area contributed by atoms with E-state index in [9.17, 15) is 0 Å². The predicted octanol–water partition coefficient (Wildman–Crippen LogP) is 3.52. The minimum absolute atomic E-state index is 0.323. The second-order valence-corrected chi connectivity index (χ2v) is 6.06. The van der Waals surface area contributed by atoms with Gasteiger partial charge in [-0.25, -0.2) is 0 Å². The highest BCUT2D eigenvalue weighted by atomic mass is 16.5. The molecule has 1 aromatic rings. The Kier molecular flexibility index (Phi) is 3.30. The minimum Gasteiger partial charge on any atom is -0.361 e. The first-order valence-corrected chi connectivity index (χ1v) is 6.60. The van der Waals surface area contributed by atoms with Crippen molar-refractivity contribution >= 4 is 0 Å². The molecule has 2 rings (SSSR count). The lowest BCUT2D eigenvalue weighted by Crippen LogP contribution is -2.39. The average molecular weight is 236 g/mol. The third-order valence-corrected chi connectivity index (χ3v) is 4.23. The molecule has 3 heteroatoms. The predicted molar refractivity (Wildman–Crippen MR) is 68.9 cm³/mol. The van der Waals surface area contributed by atoms with Crippen molar-refractivity contribution in [3.05, 3.63) is 17.0 Å². The van der Waals surface area contributed by atoms with Gasteiger partial charge in [-0.1, -0.05) is 25.4 Å². The number of aryl methyl sites for hydroxylation is 2. The van der Waals surface area contributed by atoms with Crippen LogP contribution in [0, 0.1) is 19.3 Å². The molecule has 0 amide bonds. The summed E-state index contributed by atoms with van der Waals surface area (Å²) in [6, 6.07) is 0.926. The zero-order chi connectivity index (χ0) is 12.6. The average Bonchev–Trinajstić information content (AvgIpc) is 2.71. The van der Waals surface area contributed by atoms with Gasteiger partial charge in [-0.3, -0.25) is 0 Å². The maximum absolute atomic E-state index is 5.24. The van der Waals surface area contributed by atoms with Crippen molar-refractivity contribution in [3.8, 4) is 0 Å². The first-order chi connectivity index (χ1) is 7.92. The molecule has 2 atom stereocenters. The van der Waals surface area contributed by atoms with Crippen LogP contribution in [0.15, 0.2) is 4.52 Å². The Balaban J connectivity index is 2.09. The molecular formula is C14H24N2O. The Hall–Kier alpha value is -0.830. The zero-order valence-corrected chi connectivity index (χ0v) is 11.6. The molecule has 0 spiro atoms. The largest absolute Gasteiger partial charge is 0.361 e. The lowest BCUT2D eigenvalue weighted by molar-refractivity contribution is 0.265. The van der Waals surface area contributed by atoms with E-state index in [1.54, 1.807) is 0 Å². The van der Waals surface area contributed by atoms with Crippen LogP contribution in [-0.4, -0.2) is 11.2 Å². The maximum Gasteiger partial charge on any atom is 0.138 e. The number of rotatable bonds is 3. The second kappa shape index (κ2) is 4.45. The van der Waals surface area contributed by atoms with Crippen molar-refractivity contribution < 1.29 is 4.52 Å². The molecule has 17 heavy (non-hydrogen) atoms. The van der Waals surface area contributed by atoms with Crippen molar-refractivity contribution in [2.45, 2.75) is 66.0 Å². The molecule has 0 bridgehead atoms. The Bertz CT molecular complexity index is 375. The van der Waals surface area contributed by atoms with E-state index in [2.05, 4.69) is 31.2 Å². The number of hydrogen-bond donors (Lipinski definition) is 1. The van der Waals surface area contributed by atoms with Crippen LogP contribution in [0.5, 0.6) is 0 Å². The Labute approximate surface area is 104 Å². The first-order valence-electron chi connectivity index (χ1n) is 6.60. The van der Waals surface area contributed by atoms with E-state index in [4.69, 9.17) is 4.52 Å². The van der Waals surface area contributed by atoms with Crippen LogP contribution in [0.25, 0.3) is 0 Å². The van der Waals surface area contributed by atoms with Crippen molar-refractivity contribution in [1.82, 2.24) is 10.5 Å². The van der Waals surface area contributed by atoms with E-state index in [1.807, 2.05) is 13.8 Å². The summed E-state index contributed by atoms with van der Waals surface area (Å²) < 4.78 is 5.24. The molecule has 0 radical (unpaired) electrons. The fraction of sp³-hybridized carbons (Fsp3) is 0.786. The molecule has 1 aliphatic rings. The number of hydrogen-bond acceptors (Lipinski definition) is 3. The molecule has 1 fully saturated rings. The van der Waals surface area contributed by atoms with E-state index < -0.39 is 0 Å².